The number of rotatable bonds is 6. The summed E-state index contributed by atoms with van der Waals surface area (Å²) in [5.74, 6) is 1.29. The molecule has 2 fully saturated rings. The zero-order chi connectivity index (χ0) is 19.2. The molecule has 150 valence electrons. The van der Waals surface area contributed by atoms with Crippen LogP contribution in [0, 0.1) is 19.8 Å². The van der Waals surface area contributed by atoms with Crippen molar-refractivity contribution in [2.24, 2.45) is 5.92 Å². The average Bonchev–Trinajstić information content (AvgIpc) is 3.03. The zero-order valence-electron chi connectivity index (χ0n) is 16.5. The Morgan fingerprint density at radius 1 is 1.22 bits per heavy atom. The summed E-state index contributed by atoms with van der Waals surface area (Å²) in [7, 11) is 0. The molecule has 27 heavy (non-hydrogen) atoms. The van der Waals surface area contributed by atoms with Crippen LogP contribution in [0.1, 0.15) is 41.1 Å². The van der Waals surface area contributed by atoms with Gasteiger partial charge in [0.15, 0.2) is 0 Å². The maximum atomic E-state index is 12.8. The van der Waals surface area contributed by atoms with Gasteiger partial charge in [-0.15, -0.1) is 0 Å². The van der Waals surface area contributed by atoms with E-state index in [2.05, 4.69) is 10.2 Å². The van der Waals surface area contributed by atoms with Crippen molar-refractivity contribution in [2.45, 2.75) is 33.1 Å². The fraction of sp³-hybridized carbons (Fsp3) is 0.700. The molecule has 7 heteroatoms. The van der Waals surface area contributed by atoms with E-state index in [4.69, 9.17) is 9.15 Å². The number of hydrogen-bond acceptors (Lipinski definition) is 5. The monoisotopic (exact) mass is 377 g/mol. The van der Waals surface area contributed by atoms with Crippen LogP contribution in [0.2, 0.25) is 0 Å². The number of carbonyl (C=O) groups excluding carboxylic acids is 2. The molecule has 2 aliphatic rings. The van der Waals surface area contributed by atoms with Gasteiger partial charge in [0.05, 0.1) is 24.7 Å². The minimum atomic E-state index is -0.126. The van der Waals surface area contributed by atoms with E-state index in [1.54, 1.807) is 11.0 Å². The van der Waals surface area contributed by atoms with Gasteiger partial charge in [0, 0.05) is 32.7 Å². The van der Waals surface area contributed by atoms with Crippen molar-refractivity contribution in [1.82, 2.24) is 15.1 Å². The van der Waals surface area contributed by atoms with Gasteiger partial charge < -0.3 is 19.4 Å². The molecule has 3 rings (SSSR count). The maximum Gasteiger partial charge on any atom is 0.257 e. The van der Waals surface area contributed by atoms with Gasteiger partial charge in [-0.2, -0.15) is 0 Å². The summed E-state index contributed by atoms with van der Waals surface area (Å²) >= 11 is 0. The lowest BCUT2D eigenvalue weighted by molar-refractivity contribution is -0.126. The predicted octanol–water partition coefficient (Wildman–Crippen LogP) is 1.59. The van der Waals surface area contributed by atoms with E-state index in [0.717, 1.165) is 57.9 Å². The molecule has 7 nitrogen and oxygen atoms in total. The highest BCUT2D eigenvalue weighted by Crippen LogP contribution is 2.22. The highest BCUT2D eigenvalue weighted by molar-refractivity contribution is 5.95. The largest absolute Gasteiger partial charge is 0.466 e. The number of carbonyl (C=O) groups is 2. The van der Waals surface area contributed by atoms with Crippen LogP contribution in [-0.2, 0) is 9.53 Å². The van der Waals surface area contributed by atoms with Crippen molar-refractivity contribution < 1.29 is 18.7 Å². The molecule has 0 bridgehead atoms. The molecule has 1 atom stereocenters. The Bertz CT molecular complexity index is 652. The second kappa shape index (κ2) is 9.37. The molecular formula is C20H31N3O4. The number of furan rings is 1. The highest BCUT2D eigenvalue weighted by atomic mass is 16.5. The molecule has 1 unspecified atom stereocenters. The molecule has 0 saturated carbocycles. The Morgan fingerprint density at radius 2 is 2.00 bits per heavy atom. The van der Waals surface area contributed by atoms with E-state index in [1.807, 2.05) is 13.8 Å². The fourth-order valence-electron chi connectivity index (χ4n) is 3.87. The number of morpholine rings is 1. The molecule has 0 aliphatic carbocycles. The Morgan fingerprint density at radius 3 is 2.70 bits per heavy atom. The first-order valence-electron chi connectivity index (χ1n) is 9.98. The van der Waals surface area contributed by atoms with E-state index in [0.29, 0.717) is 31.0 Å². The Balaban J connectivity index is 1.43. The van der Waals surface area contributed by atoms with Crippen LogP contribution in [0.25, 0.3) is 0 Å². The van der Waals surface area contributed by atoms with Crippen molar-refractivity contribution in [3.8, 4) is 0 Å². The third kappa shape index (κ3) is 5.32. The summed E-state index contributed by atoms with van der Waals surface area (Å²) in [4.78, 5) is 29.4. The second-order valence-corrected chi connectivity index (χ2v) is 7.52. The summed E-state index contributed by atoms with van der Waals surface area (Å²) in [5, 5.41) is 3.05. The number of aryl methyl sites for hydroxylation is 2. The Labute approximate surface area is 161 Å². The number of amides is 2. The summed E-state index contributed by atoms with van der Waals surface area (Å²) in [6.07, 6.45) is 2.63. The van der Waals surface area contributed by atoms with Crippen molar-refractivity contribution in [3.05, 3.63) is 23.2 Å². The van der Waals surface area contributed by atoms with E-state index in [9.17, 15) is 9.59 Å². The lowest BCUT2D eigenvalue weighted by atomic mass is 9.96. The lowest BCUT2D eigenvalue weighted by Gasteiger charge is -2.32. The predicted molar refractivity (Wildman–Crippen MR) is 102 cm³/mol. The molecular weight excluding hydrogens is 346 g/mol. The van der Waals surface area contributed by atoms with Crippen molar-refractivity contribution in [3.63, 3.8) is 0 Å². The molecule has 3 heterocycles. The highest BCUT2D eigenvalue weighted by Gasteiger charge is 2.30. The van der Waals surface area contributed by atoms with E-state index >= 15 is 0 Å². The first-order chi connectivity index (χ1) is 13.0. The average molecular weight is 377 g/mol. The molecule has 0 radical (unpaired) electrons. The number of likely N-dealkylation sites (tertiary alicyclic amines) is 1. The Kier molecular flexibility index (Phi) is 6.90. The first-order valence-corrected chi connectivity index (χ1v) is 9.98. The zero-order valence-corrected chi connectivity index (χ0v) is 16.5. The molecule has 2 saturated heterocycles. The van der Waals surface area contributed by atoms with Gasteiger partial charge in [-0.25, -0.2) is 0 Å². The summed E-state index contributed by atoms with van der Waals surface area (Å²) in [6.45, 7) is 10.0. The van der Waals surface area contributed by atoms with Gasteiger partial charge in [0.1, 0.15) is 11.5 Å². The minimum Gasteiger partial charge on any atom is -0.466 e. The molecule has 2 amide bonds. The summed E-state index contributed by atoms with van der Waals surface area (Å²) in [6, 6.07) is 1.78. The quantitative estimate of drug-likeness (QED) is 0.762. The van der Waals surface area contributed by atoms with Crippen molar-refractivity contribution >= 4 is 11.8 Å². The Hall–Kier alpha value is -1.86. The number of nitrogens with zero attached hydrogens (tertiary/aromatic N) is 2. The van der Waals surface area contributed by atoms with Crippen LogP contribution in [0.15, 0.2) is 10.5 Å². The molecule has 1 aromatic rings. The van der Waals surface area contributed by atoms with Crippen molar-refractivity contribution in [1.29, 1.82) is 0 Å². The normalized spacial score (nSPS) is 21.3. The molecule has 1 N–H and O–H groups in total. The standard InChI is InChI=1S/C20H31N3O4/c1-15-13-18(16(2)27-15)20(25)23-8-3-5-17(14-23)19(24)21-6-4-7-22-9-11-26-12-10-22/h13,17H,3-12,14H2,1-2H3,(H,21,24). The third-order valence-corrected chi connectivity index (χ3v) is 5.40. The summed E-state index contributed by atoms with van der Waals surface area (Å²) in [5.41, 5.74) is 0.610. The molecule has 1 aromatic heterocycles. The van der Waals surface area contributed by atoms with E-state index in [1.165, 1.54) is 0 Å². The van der Waals surface area contributed by atoms with Gasteiger partial charge in [-0.1, -0.05) is 0 Å². The SMILES string of the molecule is Cc1cc(C(=O)N2CCCC(C(=O)NCCCN3CCOCC3)C2)c(C)o1. The number of hydrogen-bond donors (Lipinski definition) is 1. The van der Waals surface area contributed by atoms with Crippen LogP contribution < -0.4 is 5.32 Å². The van der Waals surface area contributed by atoms with Crippen LogP contribution in [0.4, 0.5) is 0 Å². The number of nitrogens with one attached hydrogen (secondary N) is 1. The molecule has 2 aliphatic heterocycles. The maximum absolute atomic E-state index is 12.8. The number of piperidine rings is 1. The minimum absolute atomic E-state index is 0.0332. The fourth-order valence-corrected chi connectivity index (χ4v) is 3.87. The van der Waals surface area contributed by atoms with Crippen molar-refractivity contribution in [2.75, 3.05) is 52.5 Å². The molecule has 0 aromatic carbocycles. The van der Waals surface area contributed by atoms with Crippen LogP contribution >= 0.6 is 0 Å². The van der Waals surface area contributed by atoms with Gasteiger partial charge >= 0.3 is 0 Å². The lowest BCUT2D eigenvalue weighted by Crippen LogP contribution is -2.46. The van der Waals surface area contributed by atoms with Gasteiger partial charge in [-0.05, 0) is 45.7 Å². The topological polar surface area (TPSA) is 75.0 Å². The van der Waals surface area contributed by atoms with E-state index in [-0.39, 0.29) is 17.7 Å². The first kappa shape index (κ1) is 19.9. The van der Waals surface area contributed by atoms with Gasteiger partial charge in [0.25, 0.3) is 5.91 Å². The summed E-state index contributed by atoms with van der Waals surface area (Å²) < 4.78 is 10.8. The van der Waals surface area contributed by atoms with Crippen LogP contribution in [-0.4, -0.2) is 74.1 Å². The van der Waals surface area contributed by atoms with E-state index < -0.39 is 0 Å². The number of ether oxygens (including phenoxy) is 1. The van der Waals surface area contributed by atoms with Crippen LogP contribution in [0.3, 0.4) is 0 Å². The van der Waals surface area contributed by atoms with Gasteiger partial charge in [-0.3, -0.25) is 14.5 Å². The van der Waals surface area contributed by atoms with Gasteiger partial charge in [0.2, 0.25) is 5.91 Å². The third-order valence-electron chi connectivity index (χ3n) is 5.40. The van der Waals surface area contributed by atoms with Crippen LogP contribution in [0.5, 0.6) is 0 Å². The smallest absolute Gasteiger partial charge is 0.257 e. The molecule has 0 spiro atoms. The second-order valence-electron chi connectivity index (χ2n) is 7.52.